The molecule has 0 bridgehead atoms. The Morgan fingerprint density at radius 2 is 1.80 bits per heavy atom. The van der Waals surface area contributed by atoms with Gasteiger partial charge < -0.3 is 5.11 Å². The number of aliphatic hydroxyl groups excluding tert-OH is 1. The summed E-state index contributed by atoms with van der Waals surface area (Å²) in [6, 6.07) is 8.01. The highest BCUT2D eigenvalue weighted by Gasteiger charge is 2.22. The second-order valence-electron chi connectivity index (χ2n) is 5.08. The van der Waals surface area contributed by atoms with E-state index >= 15 is 0 Å². The highest BCUT2D eigenvalue weighted by atomic mass is 32.2. The summed E-state index contributed by atoms with van der Waals surface area (Å²) in [7, 11) is -3.71. The summed E-state index contributed by atoms with van der Waals surface area (Å²) in [6.07, 6.45) is 5.10. The molecule has 0 aromatic heterocycles. The lowest BCUT2D eigenvalue weighted by Crippen LogP contribution is -2.19. The summed E-state index contributed by atoms with van der Waals surface area (Å²) in [6.45, 7) is 5.88. The Labute approximate surface area is 121 Å². The highest BCUT2D eigenvalue weighted by Crippen LogP contribution is 2.17. The van der Waals surface area contributed by atoms with E-state index in [4.69, 9.17) is 0 Å². The summed E-state index contributed by atoms with van der Waals surface area (Å²) >= 11 is 0. The third-order valence-electron chi connectivity index (χ3n) is 2.91. The van der Waals surface area contributed by atoms with Crippen molar-refractivity contribution in [3.63, 3.8) is 0 Å². The second kappa shape index (κ2) is 7.41. The molecule has 0 radical (unpaired) electrons. The SMILES string of the molecule is CC(C)=CCC/C(C)=C/C(O)S(=O)(=O)c1ccccc1. The van der Waals surface area contributed by atoms with Gasteiger partial charge in [0.1, 0.15) is 0 Å². The van der Waals surface area contributed by atoms with Gasteiger partial charge in [-0.3, -0.25) is 0 Å². The van der Waals surface area contributed by atoms with Crippen molar-refractivity contribution in [3.8, 4) is 0 Å². The molecular weight excluding hydrogens is 272 g/mol. The van der Waals surface area contributed by atoms with Crippen LogP contribution < -0.4 is 0 Å². The zero-order chi connectivity index (χ0) is 15.2. The van der Waals surface area contributed by atoms with Gasteiger partial charge in [0.25, 0.3) is 0 Å². The summed E-state index contributed by atoms with van der Waals surface area (Å²) < 4.78 is 24.3. The van der Waals surface area contributed by atoms with Crippen molar-refractivity contribution in [2.24, 2.45) is 0 Å². The maximum atomic E-state index is 12.1. The van der Waals surface area contributed by atoms with Gasteiger partial charge in [-0.2, -0.15) is 0 Å². The fourth-order valence-electron chi connectivity index (χ4n) is 1.75. The van der Waals surface area contributed by atoms with E-state index in [-0.39, 0.29) is 4.90 Å². The molecule has 0 aliphatic heterocycles. The highest BCUT2D eigenvalue weighted by molar-refractivity contribution is 7.92. The standard InChI is InChI=1S/C16H22O3S/c1-13(2)8-7-9-14(3)12-16(17)20(18,19)15-10-5-4-6-11-15/h4-6,8,10-12,16-17H,7,9H2,1-3H3/b14-12+. The van der Waals surface area contributed by atoms with E-state index in [9.17, 15) is 13.5 Å². The molecule has 0 aliphatic rings. The summed E-state index contributed by atoms with van der Waals surface area (Å²) in [4.78, 5) is 0.140. The number of hydrogen-bond donors (Lipinski definition) is 1. The lowest BCUT2D eigenvalue weighted by atomic mass is 10.1. The van der Waals surface area contributed by atoms with Gasteiger partial charge in [-0.25, -0.2) is 8.42 Å². The van der Waals surface area contributed by atoms with Crippen LogP contribution in [0, 0.1) is 0 Å². The molecule has 1 N–H and O–H groups in total. The van der Waals surface area contributed by atoms with Crippen LogP contribution in [0.25, 0.3) is 0 Å². The van der Waals surface area contributed by atoms with Crippen molar-refractivity contribution < 1.29 is 13.5 Å². The van der Waals surface area contributed by atoms with Crippen molar-refractivity contribution in [2.75, 3.05) is 0 Å². The number of aliphatic hydroxyl groups is 1. The third kappa shape index (κ3) is 4.94. The summed E-state index contributed by atoms with van der Waals surface area (Å²) in [5, 5.41) is 9.93. The Balaban J connectivity index is 2.79. The Hall–Kier alpha value is -1.39. The minimum Gasteiger partial charge on any atom is -0.373 e. The number of hydrogen-bond acceptors (Lipinski definition) is 3. The van der Waals surface area contributed by atoms with E-state index in [0.29, 0.717) is 0 Å². The van der Waals surface area contributed by atoms with E-state index < -0.39 is 15.3 Å². The number of rotatable bonds is 6. The van der Waals surface area contributed by atoms with Crippen LogP contribution in [0.1, 0.15) is 33.6 Å². The predicted octanol–water partition coefficient (Wildman–Crippen LogP) is 3.47. The molecule has 1 rings (SSSR count). The predicted molar refractivity (Wildman–Crippen MR) is 82.1 cm³/mol. The number of sulfone groups is 1. The maximum Gasteiger partial charge on any atom is 0.208 e. The molecule has 1 atom stereocenters. The average molecular weight is 294 g/mol. The van der Waals surface area contributed by atoms with Crippen molar-refractivity contribution in [1.82, 2.24) is 0 Å². The number of allylic oxidation sites excluding steroid dienone is 3. The van der Waals surface area contributed by atoms with Gasteiger partial charge in [-0.1, -0.05) is 35.4 Å². The molecular formula is C16H22O3S. The average Bonchev–Trinajstić information content (AvgIpc) is 2.39. The van der Waals surface area contributed by atoms with Gasteiger partial charge >= 0.3 is 0 Å². The van der Waals surface area contributed by atoms with E-state index in [1.165, 1.54) is 23.8 Å². The monoisotopic (exact) mass is 294 g/mol. The van der Waals surface area contributed by atoms with Crippen molar-refractivity contribution in [3.05, 3.63) is 53.6 Å². The fraction of sp³-hybridized carbons (Fsp3) is 0.375. The Kier molecular flexibility index (Phi) is 6.17. The lowest BCUT2D eigenvalue weighted by molar-refractivity contribution is 0.292. The van der Waals surface area contributed by atoms with Crippen LogP contribution in [0.5, 0.6) is 0 Å². The Morgan fingerprint density at radius 1 is 1.20 bits per heavy atom. The molecule has 3 nitrogen and oxygen atoms in total. The van der Waals surface area contributed by atoms with Gasteiger partial charge in [0.15, 0.2) is 5.44 Å². The quantitative estimate of drug-likeness (QED) is 0.817. The molecule has 0 spiro atoms. The van der Waals surface area contributed by atoms with E-state index in [1.54, 1.807) is 18.2 Å². The van der Waals surface area contributed by atoms with Gasteiger partial charge in [-0.05, 0) is 51.8 Å². The molecule has 0 saturated heterocycles. The molecule has 0 amide bonds. The molecule has 0 heterocycles. The molecule has 1 unspecified atom stereocenters. The van der Waals surface area contributed by atoms with Crippen molar-refractivity contribution in [1.29, 1.82) is 0 Å². The van der Waals surface area contributed by atoms with Crippen LogP contribution in [0.3, 0.4) is 0 Å². The molecule has 110 valence electrons. The van der Waals surface area contributed by atoms with Crippen LogP contribution in [-0.2, 0) is 9.84 Å². The normalized spacial score (nSPS) is 13.9. The van der Waals surface area contributed by atoms with Gasteiger partial charge in [0.05, 0.1) is 4.90 Å². The van der Waals surface area contributed by atoms with Crippen LogP contribution in [0.4, 0.5) is 0 Å². The number of benzene rings is 1. The van der Waals surface area contributed by atoms with Gasteiger partial charge in [0, 0.05) is 0 Å². The zero-order valence-corrected chi connectivity index (χ0v) is 13.0. The van der Waals surface area contributed by atoms with E-state index in [0.717, 1.165) is 18.4 Å². The van der Waals surface area contributed by atoms with Crippen molar-refractivity contribution in [2.45, 2.75) is 43.9 Å². The van der Waals surface area contributed by atoms with E-state index in [1.807, 2.05) is 20.8 Å². The third-order valence-corrected chi connectivity index (χ3v) is 4.61. The largest absolute Gasteiger partial charge is 0.373 e. The van der Waals surface area contributed by atoms with Crippen LogP contribution in [-0.4, -0.2) is 19.0 Å². The first-order chi connectivity index (χ1) is 9.34. The molecule has 0 aliphatic carbocycles. The minimum atomic E-state index is -3.71. The lowest BCUT2D eigenvalue weighted by Gasteiger charge is -2.09. The zero-order valence-electron chi connectivity index (χ0n) is 12.2. The molecule has 4 heteroatoms. The van der Waals surface area contributed by atoms with Gasteiger partial charge in [-0.15, -0.1) is 0 Å². The van der Waals surface area contributed by atoms with Crippen molar-refractivity contribution >= 4 is 9.84 Å². The van der Waals surface area contributed by atoms with Gasteiger partial charge in [0.2, 0.25) is 9.84 Å². The Morgan fingerprint density at radius 3 is 2.35 bits per heavy atom. The molecule has 0 fully saturated rings. The summed E-state index contributed by atoms with van der Waals surface area (Å²) in [5.74, 6) is 0. The second-order valence-corrected chi connectivity index (χ2v) is 7.13. The fourth-order valence-corrected chi connectivity index (χ4v) is 2.98. The first kappa shape index (κ1) is 16.7. The minimum absolute atomic E-state index is 0.140. The summed E-state index contributed by atoms with van der Waals surface area (Å²) in [5.41, 5.74) is 0.612. The van der Waals surface area contributed by atoms with Crippen LogP contribution in [0.2, 0.25) is 0 Å². The van der Waals surface area contributed by atoms with Crippen LogP contribution >= 0.6 is 0 Å². The maximum absolute atomic E-state index is 12.1. The molecule has 1 aromatic carbocycles. The Bertz CT molecular complexity index is 579. The first-order valence-electron chi connectivity index (χ1n) is 6.61. The van der Waals surface area contributed by atoms with Crippen LogP contribution in [0.15, 0.2) is 58.5 Å². The topological polar surface area (TPSA) is 54.4 Å². The van der Waals surface area contributed by atoms with E-state index in [2.05, 4.69) is 6.08 Å². The smallest absolute Gasteiger partial charge is 0.208 e. The molecule has 1 aromatic rings. The first-order valence-corrected chi connectivity index (χ1v) is 8.16. The molecule has 20 heavy (non-hydrogen) atoms. The molecule has 0 saturated carbocycles.